The topological polar surface area (TPSA) is 47.8 Å². The molecule has 1 saturated carbocycles. The van der Waals surface area contributed by atoms with Gasteiger partial charge in [-0.2, -0.15) is 0 Å². The Morgan fingerprint density at radius 2 is 2.19 bits per heavy atom. The van der Waals surface area contributed by atoms with Gasteiger partial charge in [0.15, 0.2) is 5.78 Å². The monoisotopic (exact) mass is 219 g/mol. The van der Waals surface area contributed by atoms with Crippen molar-refractivity contribution in [2.45, 2.75) is 38.5 Å². The van der Waals surface area contributed by atoms with Crippen molar-refractivity contribution in [1.29, 1.82) is 0 Å². The van der Waals surface area contributed by atoms with Crippen molar-refractivity contribution >= 4 is 5.78 Å². The molecular formula is C12H17N3O. The van der Waals surface area contributed by atoms with Gasteiger partial charge < -0.3 is 0 Å². The van der Waals surface area contributed by atoms with Gasteiger partial charge in [-0.05, 0) is 31.8 Å². The first-order chi connectivity index (χ1) is 7.74. The van der Waals surface area contributed by atoms with Crippen molar-refractivity contribution < 1.29 is 4.79 Å². The van der Waals surface area contributed by atoms with Gasteiger partial charge in [-0.25, -0.2) is 0 Å². The van der Waals surface area contributed by atoms with E-state index >= 15 is 0 Å². The average Bonchev–Trinajstić information content (AvgIpc) is 2.65. The first-order valence-corrected chi connectivity index (χ1v) is 5.81. The lowest BCUT2D eigenvalue weighted by molar-refractivity contribution is -0.114. The van der Waals surface area contributed by atoms with E-state index < -0.39 is 0 Å². The third kappa shape index (κ3) is 3.02. The summed E-state index contributed by atoms with van der Waals surface area (Å²) in [7, 11) is 1.81. The van der Waals surface area contributed by atoms with E-state index in [9.17, 15) is 4.79 Å². The molecule has 0 aliphatic heterocycles. The van der Waals surface area contributed by atoms with Gasteiger partial charge >= 0.3 is 0 Å². The summed E-state index contributed by atoms with van der Waals surface area (Å²) in [6, 6.07) is 0. The number of aromatic nitrogens is 3. The highest BCUT2D eigenvalue weighted by Crippen LogP contribution is 2.22. The van der Waals surface area contributed by atoms with Crippen LogP contribution in [0.4, 0.5) is 0 Å². The van der Waals surface area contributed by atoms with Gasteiger partial charge in [0.1, 0.15) is 0 Å². The molecule has 0 radical (unpaired) electrons. The molecule has 0 atom stereocenters. The second kappa shape index (κ2) is 5.05. The Bertz CT molecular complexity index is 398. The summed E-state index contributed by atoms with van der Waals surface area (Å²) in [5.74, 6) is 0.150. The highest BCUT2D eigenvalue weighted by Gasteiger charge is 2.09. The van der Waals surface area contributed by atoms with E-state index in [4.69, 9.17) is 0 Å². The Kier molecular flexibility index (Phi) is 3.49. The summed E-state index contributed by atoms with van der Waals surface area (Å²) in [4.78, 5) is 11.7. The number of nitrogens with zero attached hydrogens (tertiary/aromatic N) is 3. The van der Waals surface area contributed by atoms with E-state index in [1.165, 1.54) is 24.8 Å². The number of carbonyl (C=O) groups excluding carboxylic acids is 1. The third-order valence-electron chi connectivity index (χ3n) is 2.87. The highest BCUT2D eigenvalue weighted by molar-refractivity contribution is 5.91. The van der Waals surface area contributed by atoms with E-state index in [1.54, 1.807) is 17.9 Å². The number of allylic oxidation sites excluding steroid dienone is 2. The van der Waals surface area contributed by atoms with Crippen molar-refractivity contribution in [1.82, 2.24) is 15.0 Å². The zero-order chi connectivity index (χ0) is 11.4. The molecule has 0 bridgehead atoms. The van der Waals surface area contributed by atoms with Crippen LogP contribution in [0.2, 0.25) is 0 Å². The van der Waals surface area contributed by atoms with Crippen molar-refractivity contribution in [3.05, 3.63) is 23.5 Å². The van der Waals surface area contributed by atoms with E-state index in [-0.39, 0.29) is 5.78 Å². The lowest BCUT2D eigenvalue weighted by Gasteiger charge is -2.12. The first kappa shape index (κ1) is 11.0. The summed E-state index contributed by atoms with van der Waals surface area (Å²) in [5.41, 5.74) is 2.06. The number of hydrogen-bond acceptors (Lipinski definition) is 3. The molecule has 0 saturated heterocycles. The number of ketones is 1. The Balaban J connectivity index is 1.92. The van der Waals surface area contributed by atoms with Crippen LogP contribution in [0.3, 0.4) is 0 Å². The van der Waals surface area contributed by atoms with Gasteiger partial charge in [-0.3, -0.25) is 9.48 Å². The number of aryl methyl sites for hydroxylation is 1. The Morgan fingerprint density at radius 1 is 1.44 bits per heavy atom. The maximum absolute atomic E-state index is 11.7. The molecule has 0 N–H and O–H groups in total. The molecule has 1 aromatic rings. The molecule has 0 unspecified atom stereocenters. The van der Waals surface area contributed by atoms with Crippen molar-refractivity contribution in [2.75, 3.05) is 0 Å². The fraction of sp³-hybridized carbons (Fsp3) is 0.583. The molecule has 0 aromatic carbocycles. The van der Waals surface area contributed by atoms with Gasteiger partial charge in [0.2, 0.25) is 0 Å². The Hall–Kier alpha value is -1.45. The lowest BCUT2D eigenvalue weighted by Crippen LogP contribution is -2.03. The SMILES string of the molecule is Cn1cc(CC(=O)C=C2CCCCC2)nn1. The van der Waals surface area contributed by atoms with E-state index in [1.807, 2.05) is 6.08 Å². The standard InChI is InChI=1S/C12H17N3O/c1-15-9-11(13-14-15)8-12(16)7-10-5-3-2-4-6-10/h7,9H,2-6,8H2,1H3. The maximum atomic E-state index is 11.7. The van der Waals surface area contributed by atoms with Crippen LogP contribution in [0, 0.1) is 0 Å². The van der Waals surface area contributed by atoms with Gasteiger partial charge in [-0.15, -0.1) is 5.10 Å². The molecule has 16 heavy (non-hydrogen) atoms. The zero-order valence-corrected chi connectivity index (χ0v) is 9.65. The van der Waals surface area contributed by atoms with Crippen LogP contribution in [0.5, 0.6) is 0 Å². The quantitative estimate of drug-likeness (QED) is 0.728. The van der Waals surface area contributed by atoms with Crippen LogP contribution in [-0.4, -0.2) is 20.8 Å². The Labute approximate surface area is 95.3 Å². The van der Waals surface area contributed by atoms with Crippen LogP contribution >= 0.6 is 0 Å². The molecule has 4 nitrogen and oxygen atoms in total. The van der Waals surface area contributed by atoms with Gasteiger partial charge in [0.05, 0.1) is 12.1 Å². The Morgan fingerprint density at radius 3 is 2.81 bits per heavy atom. The second-order valence-electron chi connectivity index (χ2n) is 4.39. The normalized spacial score (nSPS) is 16.2. The third-order valence-corrected chi connectivity index (χ3v) is 2.87. The van der Waals surface area contributed by atoms with Crippen LogP contribution in [-0.2, 0) is 18.3 Å². The molecule has 2 rings (SSSR count). The molecule has 1 aromatic heterocycles. The summed E-state index contributed by atoms with van der Waals surface area (Å²) >= 11 is 0. The summed E-state index contributed by atoms with van der Waals surface area (Å²) in [6.45, 7) is 0. The van der Waals surface area contributed by atoms with Crippen molar-refractivity contribution in [3.63, 3.8) is 0 Å². The van der Waals surface area contributed by atoms with Crippen LogP contribution in [0.25, 0.3) is 0 Å². The smallest absolute Gasteiger partial charge is 0.161 e. The van der Waals surface area contributed by atoms with E-state index in [0.717, 1.165) is 18.5 Å². The minimum Gasteiger partial charge on any atom is -0.294 e. The highest BCUT2D eigenvalue weighted by atomic mass is 16.1. The number of rotatable bonds is 3. The van der Waals surface area contributed by atoms with Gasteiger partial charge in [0.25, 0.3) is 0 Å². The van der Waals surface area contributed by atoms with Crippen LogP contribution in [0.1, 0.15) is 37.8 Å². The second-order valence-corrected chi connectivity index (χ2v) is 4.39. The minimum atomic E-state index is 0.150. The summed E-state index contributed by atoms with van der Waals surface area (Å²) in [5, 5.41) is 7.72. The number of carbonyl (C=O) groups is 1. The van der Waals surface area contributed by atoms with Crippen molar-refractivity contribution in [2.24, 2.45) is 7.05 Å². The molecule has 0 amide bonds. The fourth-order valence-corrected chi connectivity index (χ4v) is 2.08. The van der Waals surface area contributed by atoms with Gasteiger partial charge in [0, 0.05) is 13.2 Å². The summed E-state index contributed by atoms with van der Waals surface area (Å²) in [6.07, 6.45) is 9.91. The van der Waals surface area contributed by atoms with Gasteiger partial charge in [-0.1, -0.05) is 17.2 Å². The molecule has 1 aliphatic rings. The minimum absolute atomic E-state index is 0.150. The largest absolute Gasteiger partial charge is 0.294 e. The van der Waals surface area contributed by atoms with Crippen LogP contribution in [0.15, 0.2) is 17.8 Å². The number of hydrogen-bond donors (Lipinski definition) is 0. The fourth-order valence-electron chi connectivity index (χ4n) is 2.08. The predicted molar refractivity (Wildman–Crippen MR) is 60.9 cm³/mol. The average molecular weight is 219 g/mol. The molecule has 0 spiro atoms. The first-order valence-electron chi connectivity index (χ1n) is 5.81. The van der Waals surface area contributed by atoms with E-state index in [2.05, 4.69) is 10.3 Å². The molecule has 1 heterocycles. The molecular weight excluding hydrogens is 202 g/mol. The molecule has 1 fully saturated rings. The lowest BCUT2D eigenvalue weighted by atomic mass is 9.93. The maximum Gasteiger partial charge on any atom is 0.161 e. The van der Waals surface area contributed by atoms with Crippen LogP contribution < -0.4 is 0 Å². The zero-order valence-electron chi connectivity index (χ0n) is 9.65. The van der Waals surface area contributed by atoms with E-state index in [0.29, 0.717) is 6.42 Å². The molecule has 4 heteroatoms. The molecule has 86 valence electrons. The summed E-state index contributed by atoms with van der Waals surface area (Å²) < 4.78 is 1.62. The predicted octanol–water partition coefficient (Wildman–Crippen LogP) is 1.82. The molecule has 1 aliphatic carbocycles. The van der Waals surface area contributed by atoms with Crippen molar-refractivity contribution in [3.8, 4) is 0 Å².